The molecular weight excluding hydrogens is 304 g/mol. The van der Waals surface area contributed by atoms with Gasteiger partial charge in [0.25, 0.3) is 0 Å². The average Bonchev–Trinajstić information content (AvgIpc) is 3.28. The van der Waals surface area contributed by atoms with Gasteiger partial charge in [-0.25, -0.2) is 4.68 Å². The second-order valence-corrected chi connectivity index (χ2v) is 6.57. The molecule has 128 valence electrons. The highest BCUT2D eigenvalue weighted by molar-refractivity contribution is 5.40. The Morgan fingerprint density at radius 2 is 1.88 bits per heavy atom. The minimum absolute atomic E-state index is 0.438. The SMILES string of the molecule is Cc1ccn(-c2ccc(N3CCN(CC4CCCO4)CC3)nn2)n1. The second-order valence-electron chi connectivity index (χ2n) is 6.57. The van der Waals surface area contributed by atoms with Crippen molar-refractivity contribution in [3.05, 3.63) is 30.1 Å². The predicted molar refractivity (Wildman–Crippen MR) is 91.5 cm³/mol. The number of nitrogens with zero attached hydrogens (tertiary/aromatic N) is 6. The van der Waals surface area contributed by atoms with Crippen LogP contribution in [0.25, 0.3) is 5.82 Å². The molecule has 1 atom stereocenters. The summed E-state index contributed by atoms with van der Waals surface area (Å²) in [5.41, 5.74) is 0.975. The molecule has 0 spiro atoms. The van der Waals surface area contributed by atoms with Crippen molar-refractivity contribution in [2.75, 3.05) is 44.2 Å². The molecule has 7 heteroatoms. The lowest BCUT2D eigenvalue weighted by molar-refractivity contribution is 0.0712. The van der Waals surface area contributed by atoms with E-state index in [0.29, 0.717) is 6.10 Å². The fourth-order valence-corrected chi connectivity index (χ4v) is 3.39. The normalized spacial score (nSPS) is 22.2. The minimum Gasteiger partial charge on any atom is -0.377 e. The van der Waals surface area contributed by atoms with Crippen molar-refractivity contribution in [2.45, 2.75) is 25.9 Å². The van der Waals surface area contributed by atoms with Crippen LogP contribution in [0.15, 0.2) is 24.4 Å². The number of piperazine rings is 1. The number of anilines is 1. The molecule has 2 aliphatic heterocycles. The molecule has 0 amide bonds. The highest BCUT2D eigenvalue weighted by atomic mass is 16.5. The van der Waals surface area contributed by atoms with Gasteiger partial charge in [-0.3, -0.25) is 4.90 Å². The summed E-state index contributed by atoms with van der Waals surface area (Å²) >= 11 is 0. The van der Waals surface area contributed by atoms with Gasteiger partial charge in [0.15, 0.2) is 11.6 Å². The maximum absolute atomic E-state index is 5.74. The van der Waals surface area contributed by atoms with Gasteiger partial charge in [-0.05, 0) is 38.0 Å². The Morgan fingerprint density at radius 3 is 2.50 bits per heavy atom. The Morgan fingerprint density at radius 1 is 1.08 bits per heavy atom. The molecule has 0 saturated carbocycles. The topological polar surface area (TPSA) is 59.3 Å². The summed E-state index contributed by atoms with van der Waals surface area (Å²) < 4.78 is 7.49. The monoisotopic (exact) mass is 328 g/mol. The van der Waals surface area contributed by atoms with E-state index in [9.17, 15) is 0 Å². The van der Waals surface area contributed by atoms with E-state index in [2.05, 4.69) is 25.1 Å². The fourth-order valence-electron chi connectivity index (χ4n) is 3.39. The van der Waals surface area contributed by atoms with Crippen LogP contribution in [0.1, 0.15) is 18.5 Å². The lowest BCUT2D eigenvalue weighted by Gasteiger charge is -2.36. The smallest absolute Gasteiger partial charge is 0.175 e. The highest BCUT2D eigenvalue weighted by Crippen LogP contribution is 2.17. The zero-order valence-electron chi connectivity index (χ0n) is 14.1. The lowest BCUT2D eigenvalue weighted by Crippen LogP contribution is -2.48. The molecule has 2 saturated heterocycles. The summed E-state index contributed by atoms with van der Waals surface area (Å²) in [7, 11) is 0. The molecule has 2 fully saturated rings. The average molecular weight is 328 g/mol. The first-order chi connectivity index (χ1) is 11.8. The third-order valence-corrected chi connectivity index (χ3v) is 4.78. The molecule has 24 heavy (non-hydrogen) atoms. The molecule has 0 bridgehead atoms. The van der Waals surface area contributed by atoms with Crippen molar-refractivity contribution in [3.8, 4) is 5.82 Å². The molecule has 0 N–H and O–H groups in total. The van der Waals surface area contributed by atoms with E-state index < -0.39 is 0 Å². The van der Waals surface area contributed by atoms with Crippen LogP contribution in [0.3, 0.4) is 0 Å². The fraction of sp³-hybridized carbons (Fsp3) is 0.588. The van der Waals surface area contributed by atoms with Gasteiger partial charge in [-0.2, -0.15) is 5.10 Å². The first kappa shape index (κ1) is 15.5. The Balaban J connectivity index is 1.33. The van der Waals surface area contributed by atoms with Crippen molar-refractivity contribution >= 4 is 5.82 Å². The summed E-state index contributed by atoms with van der Waals surface area (Å²) in [5, 5.41) is 13.1. The van der Waals surface area contributed by atoms with Gasteiger partial charge in [0.2, 0.25) is 0 Å². The maximum Gasteiger partial charge on any atom is 0.175 e. The molecule has 0 radical (unpaired) electrons. The van der Waals surface area contributed by atoms with Crippen LogP contribution in [0.5, 0.6) is 0 Å². The minimum atomic E-state index is 0.438. The van der Waals surface area contributed by atoms with Crippen LogP contribution in [-0.4, -0.2) is 70.3 Å². The largest absolute Gasteiger partial charge is 0.377 e. The van der Waals surface area contributed by atoms with Crippen molar-refractivity contribution in [1.29, 1.82) is 0 Å². The third-order valence-electron chi connectivity index (χ3n) is 4.78. The first-order valence-electron chi connectivity index (χ1n) is 8.73. The van der Waals surface area contributed by atoms with E-state index in [1.165, 1.54) is 12.8 Å². The van der Waals surface area contributed by atoms with Gasteiger partial charge in [-0.15, -0.1) is 10.2 Å². The molecule has 7 nitrogen and oxygen atoms in total. The summed E-state index contributed by atoms with van der Waals surface area (Å²) in [6.45, 7) is 8.06. The molecule has 2 aromatic heterocycles. The van der Waals surface area contributed by atoms with E-state index in [-0.39, 0.29) is 0 Å². The van der Waals surface area contributed by atoms with Crippen molar-refractivity contribution in [1.82, 2.24) is 24.9 Å². The molecule has 4 heterocycles. The Bertz CT molecular complexity index is 656. The van der Waals surface area contributed by atoms with Crippen LogP contribution < -0.4 is 4.90 Å². The summed E-state index contributed by atoms with van der Waals surface area (Å²) in [6, 6.07) is 5.98. The molecule has 4 rings (SSSR count). The van der Waals surface area contributed by atoms with Gasteiger partial charge >= 0.3 is 0 Å². The quantitative estimate of drug-likeness (QED) is 0.842. The highest BCUT2D eigenvalue weighted by Gasteiger charge is 2.23. The summed E-state index contributed by atoms with van der Waals surface area (Å²) in [6.07, 6.45) is 4.76. The number of rotatable bonds is 4. The third kappa shape index (κ3) is 3.42. The predicted octanol–water partition coefficient (Wildman–Crippen LogP) is 1.27. The van der Waals surface area contributed by atoms with Crippen molar-refractivity contribution in [3.63, 3.8) is 0 Å². The number of aryl methyl sites for hydroxylation is 1. The van der Waals surface area contributed by atoms with Gasteiger partial charge < -0.3 is 9.64 Å². The van der Waals surface area contributed by atoms with Gasteiger partial charge in [0.05, 0.1) is 11.8 Å². The van der Waals surface area contributed by atoms with Gasteiger partial charge in [-0.1, -0.05) is 0 Å². The van der Waals surface area contributed by atoms with Gasteiger partial charge in [0, 0.05) is 45.5 Å². The molecule has 0 aromatic carbocycles. The van der Waals surface area contributed by atoms with Crippen LogP contribution in [0, 0.1) is 6.92 Å². The van der Waals surface area contributed by atoms with Crippen LogP contribution in [0.2, 0.25) is 0 Å². The molecule has 2 aliphatic rings. The lowest BCUT2D eigenvalue weighted by atomic mass is 10.2. The second kappa shape index (κ2) is 6.86. The Kier molecular flexibility index (Phi) is 4.44. The van der Waals surface area contributed by atoms with E-state index >= 15 is 0 Å². The maximum atomic E-state index is 5.74. The molecular formula is C17H24N6O. The zero-order chi connectivity index (χ0) is 16.4. The van der Waals surface area contributed by atoms with Crippen molar-refractivity contribution < 1.29 is 4.74 Å². The Labute approximate surface area is 142 Å². The number of hydrogen-bond donors (Lipinski definition) is 0. The molecule has 1 unspecified atom stereocenters. The van der Waals surface area contributed by atoms with Crippen molar-refractivity contribution in [2.24, 2.45) is 0 Å². The number of aromatic nitrogens is 4. The standard InChI is InChI=1S/C17H24N6O/c1-14-6-7-23(20-14)17-5-4-16(18-19-17)22-10-8-21(9-11-22)13-15-3-2-12-24-15/h4-7,15H,2-3,8-13H2,1H3. The number of hydrogen-bond acceptors (Lipinski definition) is 6. The van der Waals surface area contributed by atoms with Crippen LogP contribution in [0.4, 0.5) is 5.82 Å². The summed E-state index contributed by atoms with van der Waals surface area (Å²) in [5.74, 6) is 1.70. The van der Waals surface area contributed by atoms with E-state index in [1.807, 2.05) is 31.3 Å². The van der Waals surface area contributed by atoms with Crippen LogP contribution >= 0.6 is 0 Å². The summed E-state index contributed by atoms with van der Waals surface area (Å²) in [4.78, 5) is 4.80. The molecule has 0 aliphatic carbocycles. The molecule has 2 aromatic rings. The van der Waals surface area contributed by atoms with E-state index in [1.54, 1.807) is 4.68 Å². The van der Waals surface area contributed by atoms with Crippen LogP contribution in [-0.2, 0) is 4.74 Å². The van der Waals surface area contributed by atoms with Gasteiger partial charge in [0.1, 0.15) is 0 Å². The Hall–Kier alpha value is -1.99. The van der Waals surface area contributed by atoms with E-state index in [0.717, 1.165) is 56.7 Å². The number of ether oxygens (including phenoxy) is 1. The first-order valence-corrected chi connectivity index (χ1v) is 8.73. The van der Waals surface area contributed by atoms with E-state index in [4.69, 9.17) is 4.74 Å². The zero-order valence-corrected chi connectivity index (χ0v) is 14.1.